The van der Waals surface area contributed by atoms with Crippen molar-refractivity contribution in [2.45, 2.75) is 57.4 Å². The van der Waals surface area contributed by atoms with Crippen molar-refractivity contribution < 1.29 is 4.79 Å². The van der Waals surface area contributed by atoms with Crippen LogP contribution in [0.15, 0.2) is 30.3 Å². The zero-order valence-corrected chi connectivity index (χ0v) is 15.6. The SMILES string of the molecule is CCC(CC(=O)N1CCC(NCC2CC2)CC1)c1ccccc1.Cl. The fourth-order valence-corrected chi connectivity index (χ4v) is 3.55. The van der Waals surface area contributed by atoms with E-state index < -0.39 is 0 Å². The largest absolute Gasteiger partial charge is 0.343 e. The molecule has 1 aromatic carbocycles. The lowest BCUT2D eigenvalue weighted by Crippen LogP contribution is -2.45. The highest BCUT2D eigenvalue weighted by Crippen LogP contribution is 2.28. The van der Waals surface area contributed by atoms with Gasteiger partial charge in [0.2, 0.25) is 5.91 Å². The van der Waals surface area contributed by atoms with Crippen LogP contribution in [0.4, 0.5) is 0 Å². The summed E-state index contributed by atoms with van der Waals surface area (Å²) in [7, 11) is 0. The lowest BCUT2D eigenvalue weighted by Gasteiger charge is -2.33. The molecule has 1 N–H and O–H groups in total. The van der Waals surface area contributed by atoms with Crippen molar-refractivity contribution in [3.05, 3.63) is 35.9 Å². The Morgan fingerprint density at radius 1 is 1.17 bits per heavy atom. The Balaban J connectivity index is 0.00000208. The van der Waals surface area contributed by atoms with E-state index in [2.05, 4.69) is 41.4 Å². The molecule has 1 aromatic rings. The average molecular weight is 351 g/mol. The Bertz CT molecular complexity index is 496. The maximum absolute atomic E-state index is 12.6. The molecule has 3 nitrogen and oxygen atoms in total. The Hall–Kier alpha value is -1.06. The highest BCUT2D eigenvalue weighted by atomic mass is 35.5. The summed E-state index contributed by atoms with van der Waals surface area (Å²) in [5.41, 5.74) is 1.30. The predicted molar refractivity (Wildman–Crippen MR) is 102 cm³/mol. The van der Waals surface area contributed by atoms with Crippen LogP contribution in [0.1, 0.15) is 56.9 Å². The zero-order valence-electron chi connectivity index (χ0n) is 14.7. The number of nitrogens with one attached hydrogen (secondary N) is 1. The molecule has 3 rings (SSSR count). The number of nitrogens with zero attached hydrogens (tertiary/aromatic N) is 1. The van der Waals surface area contributed by atoms with Gasteiger partial charge in [-0.1, -0.05) is 37.3 Å². The van der Waals surface area contributed by atoms with Crippen LogP contribution in [0, 0.1) is 5.92 Å². The average Bonchev–Trinajstić information content (AvgIpc) is 3.43. The minimum absolute atomic E-state index is 0. The maximum Gasteiger partial charge on any atom is 0.223 e. The van der Waals surface area contributed by atoms with E-state index in [1.165, 1.54) is 24.9 Å². The summed E-state index contributed by atoms with van der Waals surface area (Å²) in [4.78, 5) is 14.7. The van der Waals surface area contributed by atoms with Crippen LogP contribution in [0.2, 0.25) is 0 Å². The van der Waals surface area contributed by atoms with Crippen molar-refractivity contribution in [2.75, 3.05) is 19.6 Å². The standard InChI is InChI=1S/C20H30N2O.ClH/c1-2-17(18-6-4-3-5-7-18)14-20(23)22-12-10-19(11-13-22)21-15-16-8-9-16;/h3-7,16-17,19,21H,2,8-15H2,1H3;1H. The number of rotatable bonds is 7. The molecule has 4 heteroatoms. The number of hydrogen-bond acceptors (Lipinski definition) is 2. The molecule has 2 aliphatic rings. The Morgan fingerprint density at radius 3 is 2.42 bits per heavy atom. The first-order valence-corrected chi connectivity index (χ1v) is 9.32. The molecule has 1 saturated heterocycles. The number of hydrogen-bond donors (Lipinski definition) is 1. The van der Waals surface area contributed by atoms with Crippen molar-refractivity contribution in [2.24, 2.45) is 5.92 Å². The molecule has 1 atom stereocenters. The van der Waals surface area contributed by atoms with Crippen molar-refractivity contribution >= 4 is 18.3 Å². The molecule has 1 unspecified atom stereocenters. The second kappa shape index (κ2) is 9.43. The van der Waals surface area contributed by atoms with Gasteiger partial charge in [0.1, 0.15) is 0 Å². The van der Waals surface area contributed by atoms with E-state index in [1.807, 2.05) is 6.07 Å². The van der Waals surface area contributed by atoms with Gasteiger partial charge < -0.3 is 10.2 Å². The van der Waals surface area contributed by atoms with Crippen molar-refractivity contribution in [1.82, 2.24) is 10.2 Å². The Kier molecular flexibility index (Phi) is 7.57. The monoisotopic (exact) mass is 350 g/mol. The Labute approximate surface area is 152 Å². The van der Waals surface area contributed by atoms with Gasteiger partial charge in [-0.05, 0) is 56.0 Å². The third-order valence-corrected chi connectivity index (χ3v) is 5.42. The maximum atomic E-state index is 12.6. The topological polar surface area (TPSA) is 32.3 Å². The molecule has 0 spiro atoms. The first-order chi connectivity index (χ1) is 11.3. The lowest BCUT2D eigenvalue weighted by atomic mass is 9.92. The van der Waals surface area contributed by atoms with Gasteiger partial charge in [0.15, 0.2) is 0 Å². The Morgan fingerprint density at radius 2 is 1.83 bits per heavy atom. The van der Waals surface area contributed by atoms with E-state index in [0.717, 1.165) is 38.3 Å². The normalized spacial score (nSPS) is 19.6. The van der Waals surface area contributed by atoms with Crippen molar-refractivity contribution in [3.63, 3.8) is 0 Å². The summed E-state index contributed by atoms with van der Waals surface area (Å²) in [6.07, 6.45) is 6.71. The predicted octanol–water partition coefficient (Wildman–Crippen LogP) is 3.98. The van der Waals surface area contributed by atoms with E-state index in [1.54, 1.807) is 0 Å². The molecule has 1 aliphatic heterocycles. The molecule has 0 radical (unpaired) electrons. The van der Waals surface area contributed by atoms with Crippen molar-refractivity contribution in [3.8, 4) is 0 Å². The summed E-state index contributed by atoms with van der Waals surface area (Å²) in [5, 5.41) is 3.68. The summed E-state index contributed by atoms with van der Waals surface area (Å²) in [6.45, 7) is 5.21. The molecule has 1 aliphatic carbocycles. The molecular formula is C20H31ClN2O. The summed E-state index contributed by atoms with van der Waals surface area (Å²) in [5.74, 6) is 1.63. The van der Waals surface area contributed by atoms with E-state index in [9.17, 15) is 4.79 Å². The highest BCUT2D eigenvalue weighted by Gasteiger charge is 2.26. The van der Waals surface area contributed by atoms with E-state index >= 15 is 0 Å². The van der Waals surface area contributed by atoms with Crippen molar-refractivity contribution in [1.29, 1.82) is 0 Å². The van der Waals surface area contributed by atoms with Gasteiger partial charge in [0, 0.05) is 25.6 Å². The second-order valence-corrected chi connectivity index (χ2v) is 7.23. The number of amides is 1. The summed E-state index contributed by atoms with van der Waals surface area (Å²) < 4.78 is 0. The molecule has 134 valence electrons. The first kappa shape index (κ1) is 19.3. The fraction of sp³-hybridized carbons (Fsp3) is 0.650. The highest BCUT2D eigenvalue weighted by molar-refractivity contribution is 5.85. The molecule has 1 amide bonds. The van der Waals surface area contributed by atoms with Crippen LogP contribution in [0.5, 0.6) is 0 Å². The minimum Gasteiger partial charge on any atom is -0.343 e. The molecule has 1 heterocycles. The van der Waals surface area contributed by atoms with Crippen LogP contribution in [0.3, 0.4) is 0 Å². The second-order valence-electron chi connectivity index (χ2n) is 7.23. The van der Waals surface area contributed by atoms with Crippen LogP contribution in [0.25, 0.3) is 0 Å². The summed E-state index contributed by atoms with van der Waals surface area (Å²) >= 11 is 0. The first-order valence-electron chi connectivity index (χ1n) is 9.32. The van der Waals surface area contributed by atoms with Gasteiger partial charge >= 0.3 is 0 Å². The van der Waals surface area contributed by atoms with E-state index in [0.29, 0.717) is 24.3 Å². The molecule has 0 bridgehead atoms. The number of carbonyl (C=O) groups is 1. The van der Waals surface area contributed by atoms with Gasteiger partial charge in [0.25, 0.3) is 0 Å². The minimum atomic E-state index is 0. The summed E-state index contributed by atoms with van der Waals surface area (Å²) in [6, 6.07) is 11.1. The molecule has 2 fully saturated rings. The number of carbonyl (C=O) groups excluding carboxylic acids is 1. The van der Waals surface area contributed by atoms with Crippen LogP contribution < -0.4 is 5.32 Å². The number of likely N-dealkylation sites (tertiary alicyclic amines) is 1. The van der Waals surface area contributed by atoms with Crippen LogP contribution >= 0.6 is 12.4 Å². The van der Waals surface area contributed by atoms with Gasteiger partial charge in [-0.15, -0.1) is 12.4 Å². The molecule has 1 saturated carbocycles. The quantitative estimate of drug-likeness (QED) is 0.806. The van der Waals surface area contributed by atoms with E-state index in [-0.39, 0.29) is 12.4 Å². The van der Waals surface area contributed by atoms with Gasteiger partial charge in [-0.2, -0.15) is 0 Å². The smallest absolute Gasteiger partial charge is 0.223 e. The molecule has 24 heavy (non-hydrogen) atoms. The van der Waals surface area contributed by atoms with Gasteiger partial charge in [-0.3, -0.25) is 4.79 Å². The van der Waals surface area contributed by atoms with Gasteiger partial charge in [0.05, 0.1) is 0 Å². The number of halogens is 1. The zero-order chi connectivity index (χ0) is 16.1. The van der Waals surface area contributed by atoms with Crippen LogP contribution in [-0.4, -0.2) is 36.5 Å². The van der Waals surface area contributed by atoms with Crippen LogP contribution in [-0.2, 0) is 4.79 Å². The lowest BCUT2D eigenvalue weighted by molar-refractivity contribution is -0.132. The third kappa shape index (κ3) is 5.49. The van der Waals surface area contributed by atoms with E-state index in [4.69, 9.17) is 0 Å². The third-order valence-electron chi connectivity index (χ3n) is 5.42. The molecule has 0 aromatic heterocycles. The number of piperidine rings is 1. The fourth-order valence-electron chi connectivity index (χ4n) is 3.55. The van der Waals surface area contributed by atoms with Gasteiger partial charge in [-0.25, -0.2) is 0 Å². The number of benzene rings is 1. The molecular weight excluding hydrogens is 320 g/mol.